The molecule has 2 atom stereocenters. The zero-order valence-corrected chi connectivity index (χ0v) is 17.8. The zero-order valence-electron chi connectivity index (χ0n) is 16.9. The van der Waals surface area contributed by atoms with Crippen molar-refractivity contribution in [1.29, 1.82) is 0 Å². The van der Waals surface area contributed by atoms with Crippen molar-refractivity contribution in [1.82, 2.24) is 15.2 Å². The first-order valence-corrected chi connectivity index (χ1v) is 11.0. The normalized spacial score (nSPS) is 19.8. The molecule has 1 aromatic heterocycles. The molecule has 2 aromatic rings. The van der Waals surface area contributed by atoms with Gasteiger partial charge >= 0.3 is 0 Å². The Morgan fingerprint density at radius 3 is 2.69 bits per heavy atom. The molecule has 1 amide bonds. The molecule has 1 saturated heterocycles. The van der Waals surface area contributed by atoms with Crippen LogP contribution < -0.4 is 5.32 Å². The van der Waals surface area contributed by atoms with E-state index in [0.717, 1.165) is 31.6 Å². The van der Waals surface area contributed by atoms with Crippen molar-refractivity contribution < 1.29 is 13.9 Å². The second-order valence-corrected chi connectivity index (χ2v) is 8.36. The average Bonchev–Trinajstić information content (AvgIpc) is 2.70. The van der Waals surface area contributed by atoms with E-state index in [9.17, 15) is 9.18 Å². The van der Waals surface area contributed by atoms with Gasteiger partial charge in [0.05, 0.1) is 17.8 Å². The van der Waals surface area contributed by atoms with Crippen molar-refractivity contribution in [3.63, 3.8) is 0 Å². The molecule has 2 unspecified atom stereocenters. The van der Waals surface area contributed by atoms with Crippen LogP contribution in [0.15, 0.2) is 47.6 Å². The summed E-state index contributed by atoms with van der Waals surface area (Å²) in [6.07, 6.45) is 3.09. The minimum Gasteiger partial charge on any atom is -0.373 e. The summed E-state index contributed by atoms with van der Waals surface area (Å²) in [5.74, 6) is 0.270. The Morgan fingerprint density at radius 2 is 1.97 bits per heavy atom. The molecule has 7 heteroatoms. The van der Waals surface area contributed by atoms with E-state index in [1.54, 1.807) is 30.5 Å². The Hall–Kier alpha value is -1.96. The molecule has 156 valence electrons. The maximum atomic E-state index is 13.0. The molecule has 1 aliphatic heterocycles. The minimum atomic E-state index is -0.252. The van der Waals surface area contributed by atoms with Gasteiger partial charge in [0.15, 0.2) is 0 Å². The number of ether oxygens (including phenoxy) is 1. The number of amides is 1. The molecule has 2 heterocycles. The van der Waals surface area contributed by atoms with Crippen LogP contribution in [0.5, 0.6) is 0 Å². The molecule has 0 aliphatic carbocycles. The smallest absolute Gasteiger partial charge is 0.254 e. The van der Waals surface area contributed by atoms with Crippen molar-refractivity contribution in [2.45, 2.75) is 43.3 Å². The molecule has 0 spiro atoms. The number of benzene rings is 1. The summed E-state index contributed by atoms with van der Waals surface area (Å²) in [5, 5.41) is 3.69. The van der Waals surface area contributed by atoms with E-state index >= 15 is 0 Å². The van der Waals surface area contributed by atoms with Crippen molar-refractivity contribution in [3.8, 4) is 0 Å². The van der Waals surface area contributed by atoms with Crippen LogP contribution in [0.3, 0.4) is 0 Å². The lowest BCUT2D eigenvalue weighted by molar-refractivity contribution is -0.0680. The third-order valence-electron chi connectivity index (χ3n) is 4.74. The molecule has 1 aliphatic rings. The molecular weight excluding hydrogens is 389 g/mol. The van der Waals surface area contributed by atoms with Crippen LogP contribution in [0.2, 0.25) is 0 Å². The number of hydrogen-bond acceptors (Lipinski definition) is 5. The number of nitrogens with one attached hydrogen (secondary N) is 1. The summed E-state index contributed by atoms with van der Waals surface area (Å²) in [5.41, 5.74) is 1.57. The largest absolute Gasteiger partial charge is 0.373 e. The summed E-state index contributed by atoms with van der Waals surface area (Å²) in [4.78, 5) is 19.4. The van der Waals surface area contributed by atoms with Crippen LogP contribution in [-0.4, -0.2) is 54.2 Å². The van der Waals surface area contributed by atoms with Crippen LogP contribution >= 0.6 is 11.8 Å². The van der Waals surface area contributed by atoms with E-state index in [1.165, 1.54) is 23.9 Å². The molecule has 1 aromatic carbocycles. The van der Waals surface area contributed by atoms with E-state index in [-0.39, 0.29) is 23.9 Å². The summed E-state index contributed by atoms with van der Waals surface area (Å²) < 4.78 is 18.8. The number of thioether (sulfide) groups is 1. The molecule has 3 rings (SSSR count). The SMILES string of the molecule is CC1CN(CCCNC(=O)c2cccnc2SCc2ccc(F)cc2)CC(C)O1. The Morgan fingerprint density at radius 1 is 1.24 bits per heavy atom. The van der Waals surface area contributed by atoms with Crippen LogP contribution in [0.4, 0.5) is 4.39 Å². The van der Waals surface area contributed by atoms with E-state index in [0.29, 0.717) is 22.9 Å². The van der Waals surface area contributed by atoms with Crippen LogP contribution in [0.1, 0.15) is 36.2 Å². The molecule has 29 heavy (non-hydrogen) atoms. The number of carbonyl (C=O) groups excluding carboxylic acids is 1. The third kappa shape index (κ3) is 6.80. The van der Waals surface area contributed by atoms with Gasteiger partial charge in [-0.1, -0.05) is 12.1 Å². The number of rotatable bonds is 8. The quantitative estimate of drug-likeness (QED) is 0.524. The van der Waals surface area contributed by atoms with Gasteiger partial charge in [0.25, 0.3) is 5.91 Å². The molecule has 1 fully saturated rings. The summed E-state index contributed by atoms with van der Waals surface area (Å²) in [6.45, 7) is 7.62. The average molecular weight is 418 g/mol. The van der Waals surface area contributed by atoms with Crippen molar-refractivity contribution in [2.75, 3.05) is 26.2 Å². The van der Waals surface area contributed by atoms with Gasteiger partial charge in [0, 0.05) is 38.1 Å². The monoisotopic (exact) mass is 417 g/mol. The molecule has 0 saturated carbocycles. The fourth-order valence-electron chi connectivity index (χ4n) is 3.48. The molecule has 0 bridgehead atoms. The van der Waals surface area contributed by atoms with Gasteiger partial charge < -0.3 is 10.1 Å². The van der Waals surface area contributed by atoms with Gasteiger partial charge in [-0.15, -0.1) is 11.8 Å². The van der Waals surface area contributed by atoms with Crippen LogP contribution in [0, 0.1) is 5.82 Å². The Balaban J connectivity index is 1.47. The predicted molar refractivity (Wildman–Crippen MR) is 114 cm³/mol. The van der Waals surface area contributed by atoms with Gasteiger partial charge in [-0.3, -0.25) is 9.69 Å². The predicted octanol–water partition coefficient (Wildman–Crippen LogP) is 3.74. The fourth-order valence-corrected chi connectivity index (χ4v) is 4.43. The fraction of sp³-hybridized carbons (Fsp3) is 0.455. The second kappa shape index (κ2) is 10.7. The van der Waals surface area contributed by atoms with Crippen molar-refractivity contribution in [3.05, 3.63) is 59.5 Å². The summed E-state index contributed by atoms with van der Waals surface area (Å²) in [6, 6.07) is 9.94. The highest BCUT2D eigenvalue weighted by Gasteiger charge is 2.21. The van der Waals surface area contributed by atoms with Crippen LogP contribution in [-0.2, 0) is 10.5 Å². The lowest BCUT2D eigenvalue weighted by Crippen LogP contribution is -2.46. The van der Waals surface area contributed by atoms with E-state index in [4.69, 9.17) is 4.74 Å². The number of pyridine rings is 1. The van der Waals surface area contributed by atoms with Gasteiger partial charge in [-0.05, 0) is 50.1 Å². The Labute approximate surface area is 176 Å². The maximum Gasteiger partial charge on any atom is 0.254 e. The zero-order chi connectivity index (χ0) is 20.6. The summed E-state index contributed by atoms with van der Waals surface area (Å²) >= 11 is 1.48. The number of aromatic nitrogens is 1. The lowest BCUT2D eigenvalue weighted by atomic mass is 10.2. The summed E-state index contributed by atoms with van der Waals surface area (Å²) in [7, 11) is 0. The highest BCUT2D eigenvalue weighted by molar-refractivity contribution is 7.98. The number of morpholine rings is 1. The number of carbonyl (C=O) groups is 1. The first-order chi connectivity index (χ1) is 14.0. The number of nitrogens with zero attached hydrogens (tertiary/aromatic N) is 2. The lowest BCUT2D eigenvalue weighted by Gasteiger charge is -2.35. The molecule has 5 nitrogen and oxygen atoms in total. The van der Waals surface area contributed by atoms with Gasteiger partial charge in [-0.25, -0.2) is 9.37 Å². The van der Waals surface area contributed by atoms with E-state index in [1.807, 2.05) is 0 Å². The van der Waals surface area contributed by atoms with Crippen LogP contribution in [0.25, 0.3) is 0 Å². The highest BCUT2D eigenvalue weighted by atomic mass is 32.2. The minimum absolute atomic E-state index is 0.108. The number of hydrogen-bond donors (Lipinski definition) is 1. The maximum absolute atomic E-state index is 13.0. The van der Waals surface area contributed by atoms with E-state index < -0.39 is 0 Å². The first kappa shape index (κ1) is 21.7. The van der Waals surface area contributed by atoms with Gasteiger partial charge in [0.1, 0.15) is 10.8 Å². The standard InChI is InChI=1S/C22H28FN3O2S/c1-16-13-26(14-17(2)28-16)12-4-11-24-21(27)20-5-3-10-25-22(20)29-15-18-6-8-19(23)9-7-18/h3,5-10,16-17H,4,11-15H2,1-2H3,(H,24,27). The highest BCUT2D eigenvalue weighted by Crippen LogP contribution is 2.24. The molecule has 1 N–H and O–H groups in total. The molecular formula is C22H28FN3O2S. The Kier molecular flexibility index (Phi) is 8.03. The van der Waals surface area contributed by atoms with Crippen molar-refractivity contribution >= 4 is 17.7 Å². The second-order valence-electron chi connectivity index (χ2n) is 7.40. The van der Waals surface area contributed by atoms with Gasteiger partial charge in [0.2, 0.25) is 0 Å². The molecule has 0 radical (unpaired) electrons. The topological polar surface area (TPSA) is 54.5 Å². The first-order valence-electron chi connectivity index (χ1n) is 9.99. The van der Waals surface area contributed by atoms with Gasteiger partial charge in [-0.2, -0.15) is 0 Å². The van der Waals surface area contributed by atoms with E-state index in [2.05, 4.69) is 29.0 Å². The third-order valence-corrected chi connectivity index (χ3v) is 5.81. The number of halogens is 1. The Bertz CT molecular complexity index is 793. The van der Waals surface area contributed by atoms with Crippen molar-refractivity contribution in [2.24, 2.45) is 0 Å².